The molecule has 1 aromatic carbocycles. The number of fused-ring (bicyclic) bond motifs is 2. The van der Waals surface area contributed by atoms with Crippen LogP contribution in [0.25, 0.3) is 17.0 Å². The van der Waals surface area contributed by atoms with E-state index >= 15 is 0 Å². The van der Waals surface area contributed by atoms with E-state index in [9.17, 15) is 4.79 Å². The Labute approximate surface area is 150 Å². The van der Waals surface area contributed by atoms with E-state index in [1.807, 2.05) is 30.3 Å². The van der Waals surface area contributed by atoms with E-state index in [0.29, 0.717) is 0 Å². The maximum absolute atomic E-state index is 13.2. The first-order chi connectivity index (χ1) is 12.0. The lowest BCUT2D eigenvalue weighted by atomic mass is 9.80. The van der Waals surface area contributed by atoms with Crippen molar-refractivity contribution >= 4 is 22.8 Å². The average molecular weight is 331 g/mol. The Bertz CT molecular complexity index is 907. The van der Waals surface area contributed by atoms with Crippen LogP contribution in [0.4, 0.5) is 0 Å². The van der Waals surface area contributed by atoms with Crippen molar-refractivity contribution in [1.29, 1.82) is 0 Å². The van der Waals surface area contributed by atoms with Crippen molar-refractivity contribution < 1.29 is 4.79 Å². The molecule has 0 spiro atoms. The van der Waals surface area contributed by atoms with Crippen LogP contribution in [0.5, 0.6) is 0 Å². The lowest BCUT2D eigenvalue weighted by molar-refractivity contribution is 0.0937. The van der Waals surface area contributed by atoms with Crippen molar-refractivity contribution in [2.75, 3.05) is 0 Å². The second-order valence-corrected chi connectivity index (χ2v) is 7.25. The van der Waals surface area contributed by atoms with Crippen LogP contribution in [0, 0.1) is 5.92 Å². The number of nitrogens with zero attached hydrogens (tertiary/aromatic N) is 1. The summed E-state index contributed by atoms with van der Waals surface area (Å²) in [5, 5.41) is 1.02. The van der Waals surface area contributed by atoms with Gasteiger partial charge in [-0.05, 0) is 58.7 Å². The number of Topliss-reactive ketones (excluding diaryl/α,β-unsaturated/α-hetero) is 1. The number of allylic oxidation sites excluding steroid dienone is 5. The smallest absolute Gasteiger partial charge is 0.172 e. The number of aromatic nitrogens is 1. The van der Waals surface area contributed by atoms with Crippen LogP contribution in [0.15, 0.2) is 59.2 Å². The molecule has 1 aromatic heterocycles. The van der Waals surface area contributed by atoms with Crippen LogP contribution in [0.1, 0.15) is 56.6 Å². The van der Waals surface area contributed by atoms with Gasteiger partial charge in [-0.15, -0.1) is 0 Å². The standard InChI is InChI=1S/C23H25NO/c1-15(2)9-11-17-14-22-20(23(25)19(17)12-10-16(3)4)13-18-7-5-6-8-21(18)24-22/h5-10,13-14,19H,11-12H2,1-4H3. The molecular formula is C23H25NO. The first-order valence-corrected chi connectivity index (χ1v) is 8.87. The summed E-state index contributed by atoms with van der Waals surface area (Å²) >= 11 is 0. The van der Waals surface area contributed by atoms with Crippen molar-refractivity contribution in [1.82, 2.24) is 4.98 Å². The minimum Gasteiger partial charge on any atom is -0.293 e. The first kappa shape index (κ1) is 17.3. The number of benzene rings is 1. The second kappa shape index (κ2) is 7.18. The molecule has 25 heavy (non-hydrogen) atoms. The number of rotatable bonds is 4. The summed E-state index contributed by atoms with van der Waals surface area (Å²) < 4.78 is 0. The predicted molar refractivity (Wildman–Crippen MR) is 106 cm³/mol. The first-order valence-electron chi connectivity index (χ1n) is 8.87. The minimum atomic E-state index is -0.0824. The van der Waals surface area contributed by atoms with Gasteiger partial charge in [0.2, 0.25) is 0 Å². The van der Waals surface area contributed by atoms with Crippen LogP contribution >= 0.6 is 0 Å². The zero-order valence-electron chi connectivity index (χ0n) is 15.5. The van der Waals surface area contributed by atoms with Gasteiger partial charge in [-0.3, -0.25) is 4.79 Å². The largest absolute Gasteiger partial charge is 0.293 e. The molecule has 1 atom stereocenters. The third kappa shape index (κ3) is 3.79. The summed E-state index contributed by atoms with van der Waals surface area (Å²) in [6.07, 6.45) is 8.06. The molecule has 0 radical (unpaired) electrons. The molecule has 1 unspecified atom stereocenters. The van der Waals surface area contributed by atoms with Gasteiger partial charge >= 0.3 is 0 Å². The highest BCUT2D eigenvalue weighted by atomic mass is 16.1. The van der Waals surface area contributed by atoms with Gasteiger partial charge in [0, 0.05) is 16.9 Å². The number of pyridine rings is 1. The fraction of sp³-hybridized carbons (Fsp3) is 0.304. The summed E-state index contributed by atoms with van der Waals surface area (Å²) in [4.78, 5) is 17.9. The van der Waals surface area contributed by atoms with Gasteiger partial charge in [-0.25, -0.2) is 4.98 Å². The van der Waals surface area contributed by atoms with Gasteiger partial charge in [-0.1, -0.05) is 47.1 Å². The molecule has 0 bridgehead atoms. The summed E-state index contributed by atoms with van der Waals surface area (Å²) in [6, 6.07) is 9.99. The summed E-state index contributed by atoms with van der Waals surface area (Å²) in [5.74, 6) is 0.117. The number of carbonyl (C=O) groups excluding carboxylic acids is 1. The minimum absolute atomic E-state index is 0.0824. The highest BCUT2D eigenvalue weighted by molar-refractivity contribution is 6.07. The Kier molecular flexibility index (Phi) is 4.98. The van der Waals surface area contributed by atoms with Gasteiger partial charge in [0.15, 0.2) is 5.78 Å². The molecule has 0 saturated carbocycles. The molecule has 0 N–H and O–H groups in total. The van der Waals surface area contributed by atoms with Crippen LogP contribution in [0.2, 0.25) is 0 Å². The van der Waals surface area contributed by atoms with E-state index in [1.54, 1.807) is 0 Å². The molecule has 1 aliphatic carbocycles. The van der Waals surface area contributed by atoms with Crippen molar-refractivity contribution in [3.8, 4) is 0 Å². The van der Waals surface area contributed by atoms with Crippen molar-refractivity contribution in [2.45, 2.75) is 40.5 Å². The third-order valence-electron chi connectivity index (χ3n) is 4.61. The highest BCUT2D eigenvalue weighted by Gasteiger charge is 2.29. The van der Waals surface area contributed by atoms with Gasteiger partial charge in [0.1, 0.15) is 0 Å². The Morgan fingerprint density at radius 1 is 1.08 bits per heavy atom. The average Bonchev–Trinajstić information content (AvgIpc) is 2.57. The molecule has 0 saturated heterocycles. The van der Waals surface area contributed by atoms with Crippen molar-refractivity contribution in [2.24, 2.45) is 5.92 Å². The number of hydrogen-bond donors (Lipinski definition) is 0. The van der Waals surface area contributed by atoms with Crippen LogP contribution < -0.4 is 0 Å². The zero-order chi connectivity index (χ0) is 18.0. The monoisotopic (exact) mass is 331 g/mol. The molecule has 0 fully saturated rings. The summed E-state index contributed by atoms with van der Waals surface area (Å²) in [6.45, 7) is 8.34. The summed E-state index contributed by atoms with van der Waals surface area (Å²) in [7, 11) is 0. The summed E-state index contributed by atoms with van der Waals surface area (Å²) in [5.41, 5.74) is 6.19. The number of carbonyl (C=O) groups is 1. The maximum atomic E-state index is 13.2. The lowest BCUT2D eigenvalue weighted by Gasteiger charge is -2.24. The molecule has 1 heterocycles. The van der Waals surface area contributed by atoms with E-state index in [1.165, 1.54) is 16.7 Å². The number of hydrogen-bond acceptors (Lipinski definition) is 2. The molecule has 2 heteroatoms. The highest BCUT2D eigenvalue weighted by Crippen LogP contribution is 2.34. The van der Waals surface area contributed by atoms with Crippen LogP contribution in [-0.4, -0.2) is 10.8 Å². The number of para-hydroxylation sites is 1. The molecule has 3 rings (SSSR count). The molecule has 0 aliphatic heterocycles. The molecule has 2 nitrogen and oxygen atoms in total. The van der Waals surface area contributed by atoms with E-state index < -0.39 is 0 Å². The lowest BCUT2D eigenvalue weighted by Crippen LogP contribution is -2.22. The maximum Gasteiger partial charge on any atom is 0.172 e. The van der Waals surface area contributed by atoms with Gasteiger partial charge < -0.3 is 0 Å². The number of ketones is 1. The fourth-order valence-corrected chi connectivity index (χ4v) is 3.21. The predicted octanol–water partition coefficient (Wildman–Crippen LogP) is 6.14. The molecular weight excluding hydrogens is 306 g/mol. The molecule has 128 valence electrons. The van der Waals surface area contributed by atoms with Crippen molar-refractivity contribution in [3.63, 3.8) is 0 Å². The Morgan fingerprint density at radius 3 is 2.52 bits per heavy atom. The van der Waals surface area contributed by atoms with Crippen LogP contribution in [0.3, 0.4) is 0 Å². The zero-order valence-corrected chi connectivity index (χ0v) is 15.5. The molecule has 1 aliphatic rings. The van der Waals surface area contributed by atoms with Crippen molar-refractivity contribution in [3.05, 3.63) is 70.5 Å². The van der Waals surface area contributed by atoms with Crippen LogP contribution in [-0.2, 0) is 0 Å². The fourth-order valence-electron chi connectivity index (χ4n) is 3.21. The molecule has 2 aromatic rings. The van der Waals surface area contributed by atoms with E-state index in [0.717, 1.165) is 35.0 Å². The van der Waals surface area contributed by atoms with E-state index in [-0.39, 0.29) is 11.7 Å². The topological polar surface area (TPSA) is 30.0 Å². The second-order valence-electron chi connectivity index (χ2n) is 7.25. The normalized spacial score (nSPS) is 16.2. The SMILES string of the molecule is CC(C)=CCC1=Cc2nc3ccccc3cc2C(=O)C1CC=C(C)C. The van der Waals surface area contributed by atoms with Gasteiger partial charge in [0.05, 0.1) is 11.2 Å². The Hall–Kier alpha value is -2.48. The quantitative estimate of drug-likeness (QED) is 0.629. The Morgan fingerprint density at radius 2 is 1.80 bits per heavy atom. The van der Waals surface area contributed by atoms with E-state index in [2.05, 4.69) is 45.9 Å². The third-order valence-corrected chi connectivity index (χ3v) is 4.61. The molecule has 0 amide bonds. The van der Waals surface area contributed by atoms with Gasteiger partial charge in [-0.2, -0.15) is 0 Å². The van der Waals surface area contributed by atoms with Gasteiger partial charge in [0.25, 0.3) is 0 Å². The van der Waals surface area contributed by atoms with E-state index in [4.69, 9.17) is 4.98 Å². The Balaban J connectivity index is 2.10.